The van der Waals surface area contributed by atoms with E-state index in [0.717, 1.165) is 6.04 Å². The van der Waals surface area contributed by atoms with Gasteiger partial charge >= 0.3 is 0 Å². The highest BCUT2D eigenvalue weighted by Crippen LogP contribution is 2.37. The lowest BCUT2D eigenvalue weighted by Gasteiger charge is -2.48. The van der Waals surface area contributed by atoms with Crippen molar-refractivity contribution in [3.8, 4) is 0 Å². The maximum Gasteiger partial charge on any atom is 0.0252 e. The Labute approximate surface area is 114 Å². The Balaban J connectivity index is 1.99. The molecule has 0 aromatic carbocycles. The summed E-state index contributed by atoms with van der Waals surface area (Å²) in [6.45, 7) is 13.2. The van der Waals surface area contributed by atoms with Crippen LogP contribution in [0.15, 0.2) is 0 Å². The molecular weight excluding hydrogens is 220 g/mol. The molecule has 1 unspecified atom stereocenters. The van der Waals surface area contributed by atoms with Crippen molar-refractivity contribution in [2.45, 2.75) is 77.8 Å². The average Bonchev–Trinajstić information content (AvgIpc) is 2.28. The minimum Gasteiger partial charge on any atom is -0.309 e. The molecule has 1 atom stereocenters. The van der Waals surface area contributed by atoms with Gasteiger partial charge in [-0.15, -0.1) is 0 Å². The highest BCUT2D eigenvalue weighted by atomic mass is 15.3. The van der Waals surface area contributed by atoms with E-state index >= 15 is 0 Å². The van der Waals surface area contributed by atoms with Gasteiger partial charge in [-0.2, -0.15) is 0 Å². The minimum atomic E-state index is 0.288. The molecule has 2 fully saturated rings. The van der Waals surface area contributed by atoms with E-state index in [2.05, 4.69) is 37.9 Å². The maximum atomic E-state index is 3.70. The zero-order valence-corrected chi connectivity index (χ0v) is 12.9. The van der Waals surface area contributed by atoms with Gasteiger partial charge in [-0.1, -0.05) is 33.1 Å². The highest BCUT2D eigenvalue weighted by molar-refractivity contribution is 4.94. The van der Waals surface area contributed by atoms with E-state index in [1.807, 2.05) is 0 Å². The van der Waals surface area contributed by atoms with Gasteiger partial charge in [0.25, 0.3) is 0 Å². The summed E-state index contributed by atoms with van der Waals surface area (Å²) < 4.78 is 0. The van der Waals surface area contributed by atoms with Gasteiger partial charge in [-0.05, 0) is 38.5 Å². The lowest BCUT2D eigenvalue weighted by atomic mass is 9.75. The van der Waals surface area contributed by atoms with Gasteiger partial charge < -0.3 is 5.32 Å². The predicted molar refractivity (Wildman–Crippen MR) is 78.9 cm³/mol. The fourth-order valence-corrected chi connectivity index (χ4v) is 3.86. The number of hydrogen-bond donors (Lipinski definition) is 1. The molecule has 1 N–H and O–H groups in total. The van der Waals surface area contributed by atoms with Crippen LogP contribution in [0.5, 0.6) is 0 Å². The standard InChI is InChI=1S/C16H32N2/c1-5-14-11-17-15(2,3)12-18(14)13-16(4)9-7-6-8-10-16/h14,17H,5-13H2,1-4H3. The topological polar surface area (TPSA) is 15.3 Å². The van der Waals surface area contributed by atoms with Crippen LogP contribution < -0.4 is 5.32 Å². The second kappa shape index (κ2) is 5.50. The zero-order chi connectivity index (χ0) is 13.2. The van der Waals surface area contributed by atoms with Crippen LogP contribution in [-0.4, -0.2) is 36.1 Å². The molecule has 0 bridgehead atoms. The summed E-state index contributed by atoms with van der Waals surface area (Å²) in [5.74, 6) is 0. The van der Waals surface area contributed by atoms with E-state index < -0.39 is 0 Å². The normalized spacial score (nSPS) is 32.3. The Kier molecular flexibility index (Phi) is 4.38. The first-order valence-electron chi connectivity index (χ1n) is 7.93. The summed E-state index contributed by atoms with van der Waals surface area (Å²) in [5, 5.41) is 3.70. The molecule has 1 saturated heterocycles. The third kappa shape index (κ3) is 3.48. The van der Waals surface area contributed by atoms with Gasteiger partial charge in [0.2, 0.25) is 0 Å². The summed E-state index contributed by atoms with van der Waals surface area (Å²) in [7, 11) is 0. The van der Waals surface area contributed by atoms with Gasteiger partial charge in [-0.3, -0.25) is 4.90 Å². The quantitative estimate of drug-likeness (QED) is 0.828. The molecule has 2 heteroatoms. The SMILES string of the molecule is CCC1CNC(C)(C)CN1CC1(C)CCCCC1. The average molecular weight is 252 g/mol. The van der Waals surface area contributed by atoms with Crippen LogP contribution >= 0.6 is 0 Å². The van der Waals surface area contributed by atoms with Crippen LogP contribution in [0.3, 0.4) is 0 Å². The third-order valence-corrected chi connectivity index (χ3v) is 5.05. The molecule has 0 aromatic heterocycles. The molecule has 0 spiro atoms. The summed E-state index contributed by atoms with van der Waals surface area (Å²) in [6.07, 6.45) is 8.51. The first kappa shape index (κ1) is 14.3. The summed E-state index contributed by atoms with van der Waals surface area (Å²) >= 11 is 0. The van der Waals surface area contributed by atoms with Gasteiger partial charge in [0.15, 0.2) is 0 Å². The van der Waals surface area contributed by atoms with E-state index in [4.69, 9.17) is 0 Å². The van der Waals surface area contributed by atoms with Crippen molar-refractivity contribution in [1.82, 2.24) is 10.2 Å². The molecule has 2 aliphatic rings. The molecule has 1 saturated carbocycles. The van der Waals surface area contributed by atoms with E-state index in [0.29, 0.717) is 5.41 Å². The van der Waals surface area contributed by atoms with Crippen LogP contribution in [0.1, 0.15) is 66.2 Å². The Morgan fingerprint density at radius 2 is 1.78 bits per heavy atom. The van der Waals surface area contributed by atoms with E-state index in [-0.39, 0.29) is 5.54 Å². The summed E-state index contributed by atoms with van der Waals surface area (Å²) in [4.78, 5) is 2.78. The van der Waals surface area contributed by atoms with Crippen LogP contribution in [-0.2, 0) is 0 Å². The van der Waals surface area contributed by atoms with Crippen molar-refractivity contribution in [3.63, 3.8) is 0 Å². The smallest absolute Gasteiger partial charge is 0.0252 e. The Morgan fingerprint density at radius 1 is 1.11 bits per heavy atom. The number of nitrogens with zero attached hydrogens (tertiary/aromatic N) is 1. The second-order valence-electron chi connectivity index (χ2n) is 7.60. The maximum absolute atomic E-state index is 3.70. The molecule has 18 heavy (non-hydrogen) atoms. The molecule has 1 aliphatic heterocycles. The van der Waals surface area contributed by atoms with Gasteiger partial charge in [0, 0.05) is 31.2 Å². The van der Waals surface area contributed by atoms with E-state index in [9.17, 15) is 0 Å². The van der Waals surface area contributed by atoms with E-state index in [1.54, 1.807) is 0 Å². The molecule has 0 radical (unpaired) electrons. The summed E-state index contributed by atoms with van der Waals surface area (Å²) in [5.41, 5.74) is 0.871. The fraction of sp³-hybridized carbons (Fsp3) is 1.00. The Bertz CT molecular complexity index is 266. The molecule has 2 nitrogen and oxygen atoms in total. The van der Waals surface area contributed by atoms with Gasteiger partial charge in [0.05, 0.1) is 0 Å². The predicted octanol–water partition coefficient (Wildman–Crippen LogP) is 3.42. The van der Waals surface area contributed by atoms with Crippen molar-refractivity contribution in [2.24, 2.45) is 5.41 Å². The molecule has 1 aliphatic carbocycles. The number of rotatable bonds is 3. The van der Waals surface area contributed by atoms with E-state index in [1.165, 1.54) is 58.2 Å². The lowest BCUT2D eigenvalue weighted by Crippen LogP contribution is -2.62. The largest absolute Gasteiger partial charge is 0.309 e. The molecule has 1 heterocycles. The number of nitrogens with one attached hydrogen (secondary N) is 1. The molecule has 0 aromatic rings. The molecule has 0 amide bonds. The van der Waals surface area contributed by atoms with Crippen molar-refractivity contribution >= 4 is 0 Å². The van der Waals surface area contributed by atoms with Gasteiger partial charge in [0.1, 0.15) is 0 Å². The monoisotopic (exact) mass is 252 g/mol. The Hall–Kier alpha value is -0.0800. The van der Waals surface area contributed by atoms with Crippen LogP contribution in [0.2, 0.25) is 0 Å². The molecule has 2 rings (SSSR count). The fourth-order valence-electron chi connectivity index (χ4n) is 3.86. The number of piperazine rings is 1. The van der Waals surface area contributed by atoms with Crippen LogP contribution in [0.4, 0.5) is 0 Å². The minimum absolute atomic E-state index is 0.288. The lowest BCUT2D eigenvalue weighted by molar-refractivity contribution is 0.0373. The highest BCUT2D eigenvalue weighted by Gasteiger charge is 2.36. The van der Waals surface area contributed by atoms with Crippen molar-refractivity contribution in [1.29, 1.82) is 0 Å². The number of hydrogen-bond acceptors (Lipinski definition) is 2. The van der Waals surface area contributed by atoms with Crippen molar-refractivity contribution in [2.75, 3.05) is 19.6 Å². The first-order valence-corrected chi connectivity index (χ1v) is 7.93. The van der Waals surface area contributed by atoms with Crippen LogP contribution in [0.25, 0.3) is 0 Å². The van der Waals surface area contributed by atoms with Crippen molar-refractivity contribution < 1.29 is 0 Å². The molecule has 106 valence electrons. The van der Waals surface area contributed by atoms with Gasteiger partial charge in [-0.25, -0.2) is 0 Å². The second-order valence-corrected chi connectivity index (χ2v) is 7.60. The Morgan fingerprint density at radius 3 is 2.39 bits per heavy atom. The summed E-state index contributed by atoms with van der Waals surface area (Å²) in [6, 6.07) is 0.747. The van der Waals surface area contributed by atoms with Crippen LogP contribution in [0, 0.1) is 5.41 Å². The molecular formula is C16H32N2. The first-order chi connectivity index (χ1) is 8.44. The third-order valence-electron chi connectivity index (χ3n) is 5.05. The van der Waals surface area contributed by atoms with Crippen molar-refractivity contribution in [3.05, 3.63) is 0 Å². The zero-order valence-electron chi connectivity index (χ0n) is 12.9.